The molecule has 1 unspecified atom stereocenters. The molecule has 5 atom stereocenters. The van der Waals surface area contributed by atoms with Crippen molar-refractivity contribution >= 4 is 11.4 Å². The van der Waals surface area contributed by atoms with Crippen LogP contribution < -0.4 is 0 Å². The summed E-state index contributed by atoms with van der Waals surface area (Å²) in [6, 6.07) is 3.95. The number of phenols is 1. The molecule has 0 heterocycles. The molecular formula is C25H34O3. The molecule has 3 heteroatoms. The number of hydrogen-bond acceptors (Lipinski definition) is 3. The summed E-state index contributed by atoms with van der Waals surface area (Å²) in [4.78, 5) is 13.7. The number of aromatic hydroxyl groups is 1. The second-order valence-corrected chi connectivity index (χ2v) is 10.8. The Balaban J connectivity index is 2.03. The first-order valence-electron chi connectivity index (χ1n) is 10.7. The number of aryl methyl sites for hydroxylation is 1. The Bertz CT molecular complexity index is 880. The van der Waals surface area contributed by atoms with Gasteiger partial charge in [-0.1, -0.05) is 46.2 Å². The van der Waals surface area contributed by atoms with Gasteiger partial charge in [0, 0.05) is 16.9 Å². The van der Waals surface area contributed by atoms with Gasteiger partial charge in [-0.15, -0.1) is 0 Å². The van der Waals surface area contributed by atoms with Gasteiger partial charge in [-0.05, 0) is 72.6 Å². The molecule has 1 aromatic carbocycles. The highest BCUT2D eigenvalue weighted by molar-refractivity contribution is 6.02. The van der Waals surface area contributed by atoms with E-state index in [0.717, 1.165) is 41.5 Å². The Labute approximate surface area is 168 Å². The summed E-state index contributed by atoms with van der Waals surface area (Å²) < 4.78 is 0. The van der Waals surface area contributed by atoms with E-state index >= 15 is 0 Å². The summed E-state index contributed by atoms with van der Waals surface area (Å²) in [5, 5.41) is 22.6. The van der Waals surface area contributed by atoms with Crippen molar-refractivity contribution < 1.29 is 15.0 Å². The van der Waals surface area contributed by atoms with Crippen LogP contribution in [0.1, 0.15) is 77.0 Å². The number of phenolic OH excluding ortho intramolecular Hbond substituents is 1. The Morgan fingerprint density at radius 3 is 2.43 bits per heavy atom. The molecule has 0 radical (unpaired) electrons. The zero-order valence-corrected chi connectivity index (χ0v) is 18.1. The largest absolute Gasteiger partial charge is 0.507 e. The first-order valence-corrected chi connectivity index (χ1v) is 10.7. The topological polar surface area (TPSA) is 57.5 Å². The molecule has 2 N–H and O–H groups in total. The monoisotopic (exact) mass is 382 g/mol. The van der Waals surface area contributed by atoms with Crippen molar-refractivity contribution in [1.82, 2.24) is 0 Å². The number of carbonyl (C=O) groups is 1. The summed E-state index contributed by atoms with van der Waals surface area (Å²) in [5.41, 5.74) is 2.66. The fourth-order valence-electron chi connectivity index (χ4n) is 7.67. The molecule has 28 heavy (non-hydrogen) atoms. The lowest BCUT2D eigenvalue weighted by molar-refractivity contribution is -0.172. The Morgan fingerprint density at radius 2 is 1.75 bits per heavy atom. The molecule has 2 saturated carbocycles. The standard InChI is InChI=1S/C25H34O3/c1-14-8-9-16-15(2)12-17(26)22-24(5)11-7-10-23(3,4)21(24)18(27)13-25(22,6)19(16)20(14)28/h8-9,12,18,21-22,27-28H,7,10-11,13H2,1-6H3/t18-,21-,22?,24-,25+/m0/s1. The lowest BCUT2D eigenvalue weighted by atomic mass is 9.41. The van der Waals surface area contributed by atoms with Crippen LogP contribution in [-0.4, -0.2) is 22.1 Å². The highest BCUT2D eigenvalue weighted by Gasteiger charge is 2.64. The van der Waals surface area contributed by atoms with Crippen molar-refractivity contribution in [2.45, 2.75) is 78.7 Å². The number of rotatable bonds is 0. The zero-order valence-electron chi connectivity index (χ0n) is 18.1. The highest BCUT2D eigenvalue weighted by atomic mass is 16.3. The third-order valence-electron chi connectivity index (χ3n) is 8.42. The van der Waals surface area contributed by atoms with E-state index in [1.165, 1.54) is 0 Å². The minimum atomic E-state index is -0.588. The lowest BCUT2D eigenvalue weighted by Gasteiger charge is -2.63. The van der Waals surface area contributed by atoms with E-state index in [2.05, 4.69) is 27.7 Å². The molecule has 3 nitrogen and oxygen atoms in total. The van der Waals surface area contributed by atoms with Crippen LogP contribution in [0.4, 0.5) is 0 Å². The van der Waals surface area contributed by atoms with Gasteiger partial charge >= 0.3 is 0 Å². The minimum Gasteiger partial charge on any atom is -0.507 e. The van der Waals surface area contributed by atoms with Gasteiger partial charge in [-0.3, -0.25) is 4.79 Å². The number of aliphatic hydroxyl groups is 1. The van der Waals surface area contributed by atoms with E-state index in [-0.39, 0.29) is 34.2 Å². The van der Waals surface area contributed by atoms with Gasteiger partial charge in [-0.25, -0.2) is 0 Å². The smallest absolute Gasteiger partial charge is 0.160 e. The van der Waals surface area contributed by atoms with E-state index in [4.69, 9.17) is 0 Å². The van der Waals surface area contributed by atoms with Crippen LogP contribution in [-0.2, 0) is 10.2 Å². The Hall–Kier alpha value is -1.61. The molecule has 0 spiro atoms. The molecule has 0 saturated heterocycles. The van der Waals surface area contributed by atoms with E-state index < -0.39 is 11.5 Å². The van der Waals surface area contributed by atoms with Crippen LogP contribution in [0.5, 0.6) is 5.75 Å². The third kappa shape index (κ3) is 2.41. The van der Waals surface area contributed by atoms with Crippen LogP contribution in [0.25, 0.3) is 5.57 Å². The maximum Gasteiger partial charge on any atom is 0.160 e. The predicted molar refractivity (Wildman–Crippen MR) is 112 cm³/mol. The van der Waals surface area contributed by atoms with Crippen molar-refractivity contribution in [3.63, 3.8) is 0 Å². The van der Waals surface area contributed by atoms with Crippen molar-refractivity contribution in [1.29, 1.82) is 0 Å². The van der Waals surface area contributed by atoms with E-state index in [9.17, 15) is 15.0 Å². The maximum atomic E-state index is 13.7. The van der Waals surface area contributed by atoms with Crippen LogP contribution in [0.3, 0.4) is 0 Å². The Morgan fingerprint density at radius 1 is 1.07 bits per heavy atom. The summed E-state index contributed by atoms with van der Waals surface area (Å²) in [6.07, 6.45) is 4.92. The van der Waals surface area contributed by atoms with E-state index in [1.807, 2.05) is 26.0 Å². The number of allylic oxidation sites excluding steroid dienone is 2. The van der Waals surface area contributed by atoms with Crippen LogP contribution in [0.15, 0.2) is 18.2 Å². The second kappa shape index (κ2) is 5.95. The van der Waals surface area contributed by atoms with Gasteiger partial charge in [-0.2, -0.15) is 0 Å². The van der Waals surface area contributed by atoms with Crippen LogP contribution in [0.2, 0.25) is 0 Å². The molecular weight excluding hydrogens is 348 g/mol. The molecule has 4 rings (SSSR count). The summed E-state index contributed by atoms with van der Waals surface area (Å²) >= 11 is 0. The van der Waals surface area contributed by atoms with Gasteiger partial charge < -0.3 is 10.2 Å². The van der Waals surface area contributed by atoms with E-state index in [1.54, 1.807) is 6.08 Å². The maximum absolute atomic E-state index is 13.7. The molecule has 1 aromatic rings. The third-order valence-corrected chi connectivity index (χ3v) is 8.42. The first-order chi connectivity index (χ1) is 12.9. The highest BCUT2D eigenvalue weighted by Crippen LogP contribution is 2.66. The van der Waals surface area contributed by atoms with Crippen molar-refractivity contribution in [2.75, 3.05) is 0 Å². The predicted octanol–water partition coefficient (Wildman–Crippen LogP) is 5.16. The van der Waals surface area contributed by atoms with Crippen molar-refractivity contribution in [3.8, 4) is 5.75 Å². The average molecular weight is 383 g/mol. The molecule has 0 bridgehead atoms. The summed E-state index contributed by atoms with van der Waals surface area (Å²) in [5.74, 6) is 0.289. The second-order valence-electron chi connectivity index (χ2n) is 10.8. The molecule has 0 aliphatic heterocycles. The van der Waals surface area contributed by atoms with Gasteiger partial charge in [0.05, 0.1) is 6.10 Å². The number of benzene rings is 1. The minimum absolute atomic E-state index is 0.00340. The molecule has 3 aliphatic rings. The van der Waals surface area contributed by atoms with Gasteiger partial charge in [0.15, 0.2) is 5.78 Å². The normalized spacial score (nSPS) is 39.3. The van der Waals surface area contributed by atoms with E-state index in [0.29, 0.717) is 6.42 Å². The molecule has 0 aromatic heterocycles. The summed E-state index contributed by atoms with van der Waals surface area (Å²) in [7, 11) is 0. The SMILES string of the molecule is CC1=CC(=O)C2[C@](C)(C[C@H](O)[C@H]3C(C)(C)CCC[C@]23C)c2c1ccc(C)c2O. The number of ketones is 1. The van der Waals surface area contributed by atoms with Gasteiger partial charge in [0.2, 0.25) is 0 Å². The van der Waals surface area contributed by atoms with Crippen molar-refractivity contribution in [3.05, 3.63) is 34.9 Å². The fraction of sp³-hybridized carbons (Fsp3) is 0.640. The molecule has 3 aliphatic carbocycles. The van der Waals surface area contributed by atoms with Gasteiger partial charge in [0.1, 0.15) is 5.75 Å². The molecule has 152 valence electrons. The average Bonchev–Trinajstić information content (AvgIpc) is 2.62. The number of aliphatic hydroxyl groups excluding tert-OH is 1. The van der Waals surface area contributed by atoms with Crippen LogP contribution >= 0.6 is 0 Å². The van der Waals surface area contributed by atoms with Crippen molar-refractivity contribution in [2.24, 2.45) is 22.7 Å². The fourth-order valence-corrected chi connectivity index (χ4v) is 7.67. The van der Waals surface area contributed by atoms with Crippen LogP contribution in [0, 0.1) is 29.6 Å². The Kier molecular flexibility index (Phi) is 4.18. The molecule has 0 amide bonds. The van der Waals surface area contributed by atoms with Gasteiger partial charge in [0.25, 0.3) is 0 Å². The number of carbonyl (C=O) groups excluding carboxylic acids is 1. The number of hydrogen-bond donors (Lipinski definition) is 2. The lowest BCUT2D eigenvalue weighted by Crippen LogP contribution is -2.63. The zero-order chi connectivity index (χ0) is 20.6. The quantitative estimate of drug-likeness (QED) is 0.652. The first kappa shape index (κ1) is 19.7. The number of fused-ring (bicyclic) bond motifs is 5. The summed E-state index contributed by atoms with van der Waals surface area (Å²) in [6.45, 7) is 12.7. The molecule has 2 fully saturated rings.